The molecule has 11 heteroatoms. The fourth-order valence-corrected chi connectivity index (χ4v) is 3.83. The maximum Gasteiger partial charge on any atom is 0.270 e. The first-order valence-corrected chi connectivity index (χ1v) is 10.2. The van der Waals surface area contributed by atoms with Crippen LogP contribution in [-0.2, 0) is 21.2 Å². The van der Waals surface area contributed by atoms with Gasteiger partial charge in [0.2, 0.25) is 20.9 Å². The molecule has 0 bridgehead atoms. The number of benzene rings is 2. The average molecular weight is 453 g/mol. The molecule has 0 aliphatic rings. The number of non-ortho nitro benzene ring substituents is 1. The first-order chi connectivity index (χ1) is 12.7. The van der Waals surface area contributed by atoms with Crippen LogP contribution in [0.4, 0.5) is 11.4 Å². The predicted molar refractivity (Wildman–Crippen MR) is 102 cm³/mol. The number of rotatable bonds is 5. The molecule has 0 spiro atoms. The summed E-state index contributed by atoms with van der Waals surface area (Å²) in [5, 5.41) is 13.2. The van der Waals surface area contributed by atoms with Crippen molar-refractivity contribution in [2.75, 3.05) is 11.6 Å². The van der Waals surface area contributed by atoms with Gasteiger partial charge in [-0.25, -0.2) is 13.4 Å². The molecule has 27 heavy (non-hydrogen) atoms. The van der Waals surface area contributed by atoms with E-state index in [1.165, 1.54) is 22.8 Å². The van der Waals surface area contributed by atoms with E-state index in [-0.39, 0.29) is 17.4 Å². The molecule has 3 rings (SSSR count). The summed E-state index contributed by atoms with van der Waals surface area (Å²) in [7, 11) is -3.65. The van der Waals surface area contributed by atoms with Gasteiger partial charge in [0.1, 0.15) is 6.54 Å². The monoisotopic (exact) mass is 452 g/mol. The third-order valence-corrected chi connectivity index (χ3v) is 5.32. The van der Waals surface area contributed by atoms with Crippen molar-refractivity contribution in [1.29, 1.82) is 0 Å². The largest absolute Gasteiger partial charge is 0.323 e. The van der Waals surface area contributed by atoms with Crippen molar-refractivity contribution in [3.05, 3.63) is 57.1 Å². The van der Waals surface area contributed by atoms with E-state index in [0.29, 0.717) is 21.2 Å². The molecule has 9 nitrogen and oxygen atoms in total. The highest BCUT2D eigenvalue weighted by Gasteiger charge is 2.21. The molecule has 3 aromatic rings. The van der Waals surface area contributed by atoms with Gasteiger partial charge in [-0.2, -0.15) is 0 Å². The molecule has 1 aromatic heterocycles. The summed E-state index contributed by atoms with van der Waals surface area (Å²) < 4.78 is 25.7. The van der Waals surface area contributed by atoms with Gasteiger partial charge in [0.15, 0.2) is 0 Å². The van der Waals surface area contributed by atoms with Gasteiger partial charge in [-0.05, 0) is 34.1 Å². The Morgan fingerprint density at radius 1 is 1.30 bits per heavy atom. The number of nitro benzene ring substituents is 1. The second-order valence-electron chi connectivity index (χ2n) is 5.71. The van der Waals surface area contributed by atoms with Gasteiger partial charge in [0, 0.05) is 22.9 Å². The molecule has 1 amide bonds. The van der Waals surface area contributed by atoms with Crippen molar-refractivity contribution >= 4 is 54.1 Å². The van der Waals surface area contributed by atoms with Gasteiger partial charge in [0.05, 0.1) is 21.6 Å². The molecule has 1 heterocycles. The summed E-state index contributed by atoms with van der Waals surface area (Å²) in [4.78, 5) is 26.8. The van der Waals surface area contributed by atoms with Crippen LogP contribution in [0.3, 0.4) is 0 Å². The minimum Gasteiger partial charge on any atom is -0.323 e. The maximum absolute atomic E-state index is 12.5. The normalized spacial score (nSPS) is 11.5. The van der Waals surface area contributed by atoms with Crippen LogP contribution in [0.5, 0.6) is 0 Å². The van der Waals surface area contributed by atoms with E-state index in [9.17, 15) is 23.3 Å². The Morgan fingerprint density at radius 3 is 2.63 bits per heavy atom. The van der Waals surface area contributed by atoms with Crippen molar-refractivity contribution in [2.45, 2.75) is 11.7 Å². The second kappa shape index (κ2) is 7.08. The number of sulfone groups is 1. The topological polar surface area (TPSA) is 124 Å². The summed E-state index contributed by atoms with van der Waals surface area (Å²) in [6.45, 7) is -0.285. The van der Waals surface area contributed by atoms with Crippen LogP contribution in [0.1, 0.15) is 0 Å². The average Bonchev–Trinajstić information content (AvgIpc) is 2.95. The summed E-state index contributed by atoms with van der Waals surface area (Å²) in [5.74, 6) is -0.502. The number of aromatic nitrogens is 2. The van der Waals surface area contributed by atoms with E-state index >= 15 is 0 Å². The van der Waals surface area contributed by atoms with Gasteiger partial charge in [0.25, 0.3) is 5.69 Å². The highest BCUT2D eigenvalue weighted by atomic mass is 79.9. The van der Waals surface area contributed by atoms with E-state index in [4.69, 9.17) is 0 Å². The van der Waals surface area contributed by atoms with Gasteiger partial charge in [-0.1, -0.05) is 12.1 Å². The fourth-order valence-electron chi connectivity index (χ4n) is 2.54. The fraction of sp³-hybridized carbons (Fsp3) is 0.125. The molecule has 0 unspecified atom stereocenters. The number of hydrogen-bond acceptors (Lipinski definition) is 6. The molecule has 0 saturated carbocycles. The van der Waals surface area contributed by atoms with Crippen molar-refractivity contribution in [3.63, 3.8) is 0 Å². The van der Waals surface area contributed by atoms with Gasteiger partial charge in [-0.3, -0.25) is 14.9 Å². The lowest BCUT2D eigenvalue weighted by atomic mass is 10.3. The predicted octanol–water partition coefficient (Wildman–Crippen LogP) is 2.75. The number of halogens is 1. The second-order valence-corrected chi connectivity index (χ2v) is 8.47. The number of amides is 1. The molecule has 0 aliphatic carbocycles. The van der Waals surface area contributed by atoms with Gasteiger partial charge in [-0.15, -0.1) is 0 Å². The van der Waals surface area contributed by atoms with Crippen LogP contribution >= 0.6 is 15.9 Å². The first kappa shape index (κ1) is 19.0. The molecule has 2 aromatic carbocycles. The number of nitrogens with zero attached hydrogens (tertiary/aromatic N) is 3. The third kappa shape index (κ3) is 3.98. The standard InChI is InChI=1S/C16H13BrN4O5S/c1-27(25,26)16-19-13-4-2-3-5-14(13)20(16)9-15(22)18-12-7-6-10(21(23)24)8-11(12)17/h2-8H,9H2,1H3,(H,18,22). The number of hydrogen-bond donors (Lipinski definition) is 1. The van der Waals surface area contributed by atoms with Crippen LogP contribution in [0.25, 0.3) is 11.0 Å². The van der Waals surface area contributed by atoms with E-state index in [1.807, 2.05) is 0 Å². The lowest BCUT2D eigenvalue weighted by Gasteiger charge is -2.10. The highest BCUT2D eigenvalue weighted by Crippen LogP contribution is 2.27. The number of para-hydroxylation sites is 2. The van der Waals surface area contributed by atoms with Crippen LogP contribution < -0.4 is 5.32 Å². The minimum atomic E-state index is -3.65. The Hall–Kier alpha value is -2.79. The smallest absolute Gasteiger partial charge is 0.270 e. The summed E-state index contributed by atoms with van der Waals surface area (Å²) in [6, 6.07) is 10.7. The number of carbonyl (C=O) groups excluding carboxylic acids is 1. The van der Waals surface area contributed by atoms with Crippen LogP contribution in [0.2, 0.25) is 0 Å². The summed E-state index contributed by atoms with van der Waals surface area (Å²) in [6.07, 6.45) is 1.02. The van der Waals surface area contributed by atoms with E-state index in [1.54, 1.807) is 24.3 Å². The van der Waals surface area contributed by atoms with Crippen molar-refractivity contribution in [3.8, 4) is 0 Å². The number of carbonyl (C=O) groups is 1. The van der Waals surface area contributed by atoms with Crippen LogP contribution in [0, 0.1) is 10.1 Å². The molecule has 140 valence electrons. The highest BCUT2D eigenvalue weighted by molar-refractivity contribution is 9.10. The lowest BCUT2D eigenvalue weighted by Crippen LogP contribution is -2.21. The molecular weight excluding hydrogens is 440 g/mol. The quantitative estimate of drug-likeness (QED) is 0.468. The zero-order chi connectivity index (χ0) is 19.8. The molecule has 0 radical (unpaired) electrons. The van der Waals surface area contributed by atoms with Crippen molar-refractivity contribution < 1.29 is 18.1 Å². The van der Waals surface area contributed by atoms with E-state index in [0.717, 1.165) is 6.26 Å². The number of imidazole rings is 1. The summed E-state index contributed by atoms with van der Waals surface area (Å²) >= 11 is 3.17. The molecule has 1 N–H and O–H groups in total. The summed E-state index contributed by atoms with van der Waals surface area (Å²) in [5.41, 5.74) is 1.17. The van der Waals surface area contributed by atoms with Gasteiger partial charge < -0.3 is 9.88 Å². The zero-order valence-corrected chi connectivity index (χ0v) is 16.3. The first-order valence-electron chi connectivity index (χ1n) is 7.56. The van der Waals surface area contributed by atoms with Gasteiger partial charge >= 0.3 is 0 Å². The molecule has 0 fully saturated rings. The number of nitro groups is 1. The molecular formula is C16H13BrN4O5S. The molecule has 0 atom stereocenters. The van der Waals surface area contributed by atoms with Crippen molar-refractivity contribution in [1.82, 2.24) is 9.55 Å². The number of nitrogens with one attached hydrogen (secondary N) is 1. The maximum atomic E-state index is 12.5. The minimum absolute atomic E-state index is 0.125. The SMILES string of the molecule is CS(=O)(=O)c1nc2ccccc2n1CC(=O)Nc1ccc([N+](=O)[O-])cc1Br. The Balaban J connectivity index is 1.92. The molecule has 0 saturated heterocycles. The van der Waals surface area contributed by atoms with E-state index in [2.05, 4.69) is 26.2 Å². The Labute approximate surface area is 162 Å². The van der Waals surface area contributed by atoms with Crippen LogP contribution in [-0.4, -0.2) is 35.1 Å². The Bertz CT molecular complexity index is 1170. The Kier molecular flexibility index (Phi) is 4.98. The number of fused-ring (bicyclic) bond motifs is 1. The Morgan fingerprint density at radius 2 is 2.00 bits per heavy atom. The number of anilines is 1. The van der Waals surface area contributed by atoms with Crippen LogP contribution in [0.15, 0.2) is 52.1 Å². The zero-order valence-electron chi connectivity index (χ0n) is 13.9. The van der Waals surface area contributed by atoms with Crippen molar-refractivity contribution in [2.24, 2.45) is 0 Å². The van der Waals surface area contributed by atoms with E-state index < -0.39 is 20.7 Å². The third-order valence-electron chi connectivity index (χ3n) is 3.69. The molecule has 0 aliphatic heterocycles. The lowest BCUT2D eigenvalue weighted by molar-refractivity contribution is -0.384.